The Balaban J connectivity index is 2.13. The van der Waals surface area contributed by atoms with Crippen LogP contribution in [-0.2, 0) is 7.05 Å². The number of hydrogen-bond donors (Lipinski definition) is 1. The molecule has 1 saturated carbocycles. The summed E-state index contributed by atoms with van der Waals surface area (Å²) in [4.78, 5) is 4.43. The van der Waals surface area contributed by atoms with Crippen molar-refractivity contribution in [3.8, 4) is 0 Å². The molecule has 1 aromatic heterocycles. The summed E-state index contributed by atoms with van der Waals surface area (Å²) in [6, 6.07) is 0. The van der Waals surface area contributed by atoms with E-state index in [9.17, 15) is 0 Å². The molecule has 4 nitrogen and oxygen atoms in total. The predicted molar refractivity (Wildman–Crippen MR) is 68.5 cm³/mol. The van der Waals surface area contributed by atoms with Crippen LogP contribution in [0.4, 0.5) is 0 Å². The lowest BCUT2D eigenvalue weighted by Gasteiger charge is -2.34. The van der Waals surface area contributed by atoms with Crippen LogP contribution in [0.15, 0.2) is 6.33 Å². The molecule has 0 radical (unpaired) electrons. The van der Waals surface area contributed by atoms with Crippen molar-refractivity contribution in [1.29, 1.82) is 0 Å². The highest BCUT2D eigenvalue weighted by Crippen LogP contribution is 2.40. The van der Waals surface area contributed by atoms with Crippen molar-refractivity contribution in [1.82, 2.24) is 14.8 Å². The Morgan fingerprint density at radius 2 is 2.29 bits per heavy atom. The predicted octanol–water partition coefficient (Wildman–Crippen LogP) is 2.07. The first-order valence-corrected chi connectivity index (χ1v) is 6.80. The van der Waals surface area contributed by atoms with Gasteiger partial charge >= 0.3 is 0 Å². The molecule has 0 bridgehead atoms. The summed E-state index contributed by atoms with van der Waals surface area (Å²) in [5, 5.41) is 4.20. The molecule has 0 spiro atoms. The second-order valence-corrected chi connectivity index (χ2v) is 5.31. The summed E-state index contributed by atoms with van der Waals surface area (Å²) < 4.78 is 1.92. The molecule has 0 amide bonds. The minimum atomic E-state index is 0.512. The lowest BCUT2D eigenvalue weighted by Crippen LogP contribution is -2.30. The maximum Gasteiger partial charge on any atom is 0.138 e. The van der Waals surface area contributed by atoms with Crippen LogP contribution in [0.3, 0.4) is 0 Å². The molecule has 0 saturated heterocycles. The smallest absolute Gasteiger partial charge is 0.138 e. The molecule has 2 N–H and O–H groups in total. The van der Waals surface area contributed by atoms with E-state index in [-0.39, 0.29) is 0 Å². The normalized spacial score (nSPS) is 29.5. The van der Waals surface area contributed by atoms with Gasteiger partial charge in [-0.3, -0.25) is 4.68 Å². The monoisotopic (exact) mass is 236 g/mol. The van der Waals surface area contributed by atoms with Crippen LogP contribution in [0, 0.1) is 11.8 Å². The maximum atomic E-state index is 5.91. The molecular formula is C13H24N4. The van der Waals surface area contributed by atoms with Gasteiger partial charge in [0.25, 0.3) is 0 Å². The molecule has 4 heteroatoms. The molecule has 1 heterocycles. The average Bonchev–Trinajstić information content (AvgIpc) is 2.76. The zero-order valence-electron chi connectivity index (χ0n) is 11.0. The Bertz CT molecular complexity index is 347. The van der Waals surface area contributed by atoms with Crippen molar-refractivity contribution in [3.63, 3.8) is 0 Å². The Labute approximate surface area is 104 Å². The first kappa shape index (κ1) is 12.6. The van der Waals surface area contributed by atoms with E-state index < -0.39 is 0 Å². The molecule has 96 valence electrons. The molecule has 17 heavy (non-hydrogen) atoms. The van der Waals surface area contributed by atoms with Crippen LogP contribution < -0.4 is 5.73 Å². The fourth-order valence-corrected chi connectivity index (χ4v) is 3.23. The summed E-state index contributed by atoms with van der Waals surface area (Å²) in [7, 11) is 1.99. The summed E-state index contributed by atoms with van der Waals surface area (Å²) in [5.74, 6) is 3.08. The summed E-state index contributed by atoms with van der Waals surface area (Å²) in [5.41, 5.74) is 5.91. The van der Waals surface area contributed by atoms with Crippen LogP contribution in [-0.4, -0.2) is 21.3 Å². The highest BCUT2D eigenvalue weighted by Gasteiger charge is 2.32. The number of hydrogen-bond acceptors (Lipinski definition) is 3. The van der Waals surface area contributed by atoms with E-state index in [1.807, 2.05) is 11.7 Å². The van der Waals surface area contributed by atoms with Crippen molar-refractivity contribution in [2.75, 3.05) is 6.54 Å². The van der Waals surface area contributed by atoms with Gasteiger partial charge in [0.05, 0.1) is 0 Å². The quantitative estimate of drug-likeness (QED) is 0.870. The van der Waals surface area contributed by atoms with E-state index in [1.54, 1.807) is 6.33 Å². The highest BCUT2D eigenvalue weighted by molar-refractivity contribution is 5.02. The van der Waals surface area contributed by atoms with Crippen molar-refractivity contribution >= 4 is 0 Å². The maximum absolute atomic E-state index is 5.91. The standard InChI is InChI=1S/C13H24N4/c1-3-4-10-5-6-11(8-14)12(7-10)13-15-9-16-17(13)2/h9-12H,3-8,14H2,1-2H3. The van der Waals surface area contributed by atoms with E-state index in [4.69, 9.17) is 5.73 Å². The largest absolute Gasteiger partial charge is 0.330 e. The molecule has 0 aromatic carbocycles. The number of rotatable bonds is 4. The van der Waals surface area contributed by atoms with Crippen molar-refractivity contribution < 1.29 is 0 Å². The fraction of sp³-hybridized carbons (Fsp3) is 0.846. The molecule has 2 rings (SSSR count). The third-order valence-corrected chi connectivity index (χ3v) is 4.18. The van der Waals surface area contributed by atoms with E-state index in [0.717, 1.165) is 18.3 Å². The lowest BCUT2D eigenvalue weighted by molar-refractivity contribution is 0.220. The summed E-state index contributed by atoms with van der Waals surface area (Å²) in [6.07, 6.45) is 8.10. The molecule has 1 aliphatic carbocycles. The van der Waals surface area contributed by atoms with E-state index in [0.29, 0.717) is 11.8 Å². The van der Waals surface area contributed by atoms with E-state index in [2.05, 4.69) is 17.0 Å². The van der Waals surface area contributed by atoms with Gasteiger partial charge in [-0.15, -0.1) is 0 Å². The Morgan fingerprint density at radius 3 is 2.88 bits per heavy atom. The second kappa shape index (κ2) is 5.63. The van der Waals surface area contributed by atoms with Gasteiger partial charge < -0.3 is 5.73 Å². The number of nitrogens with two attached hydrogens (primary N) is 1. The topological polar surface area (TPSA) is 56.7 Å². The molecule has 1 aliphatic rings. The van der Waals surface area contributed by atoms with Gasteiger partial charge in [0.15, 0.2) is 0 Å². The SMILES string of the molecule is CCCC1CCC(CN)C(c2ncnn2C)C1. The van der Waals surface area contributed by atoms with Gasteiger partial charge in [-0.1, -0.05) is 26.2 Å². The molecule has 1 aromatic rings. The average molecular weight is 236 g/mol. The molecular weight excluding hydrogens is 212 g/mol. The van der Waals surface area contributed by atoms with Gasteiger partial charge in [-0.25, -0.2) is 4.98 Å². The Hall–Kier alpha value is -0.900. The Kier molecular flexibility index (Phi) is 4.15. The van der Waals surface area contributed by atoms with Crippen LogP contribution in [0.2, 0.25) is 0 Å². The third-order valence-electron chi connectivity index (χ3n) is 4.18. The van der Waals surface area contributed by atoms with Crippen LogP contribution in [0.25, 0.3) is 0 Å². The van der Waals surface area contributed by atoms with Crippen molar-refractivity contribution in [2.45, 2.75) is 44.9 Å². The van der Waals surface area contributed by atoms with E-state index in [1.165, 1.54) is 32.1 Å². The van der Waals surface area contributed by atoms with Crippen molar-refractivity contribution in [2.24, 2.45) is 24.6 Å². The summed E-state index contributed by atoms with van der Waals surface area (Å²) in [6.45, 7) is 3.04. The summed E-state index contributed by atoms with van der Waals surface area (Å²) >= 11 is 0. The van der Waals surface area contributed by atoms with Gasteiger partial charge in [-0.05, 0) is 31.2 Å². The molecule has 0 aliphatic heterocycles. The zero-order valence-corrected chi connectivity index (χ0v) is 11.0. The van der Waals surface area contributed by atoms with Crippen molar-refractivity contribution in [3.05, 3.63) is 12.2 Å². The fourth-order valence-electron chi connectivity index (χ4n) is 3.23. The zero-order chi connectivity index (χ0) is 12.3. The number of aromatic nitrogens is 3. The van der Waals surface area contributed by atoms with Gasteiger partial charge in [0.1, 0.15) is 12.2 Å². The minimum absolute atomic E-state index is 0.512. The van der Waals surface area contributed by atoms with E-state index >= 15 is 0 Å². The van der Waals surface area contributed by atoms with Gasteiger partial charge in [0.2, 0.25) is 0 Å². The Morgan fingerprint density at radius 1 is 1.47 bits per heavy atom. The molecule has 3 atom stereocenters. The lowest BCUT2D eigenvalue weighted by atomic mass is 9.72. The highest BCUT2D eigenvalue weighted by atomic mass is 15.3. The van der Waals surface area contributed by atoms with Crippen LogP contribution in [0.5, 0.6) is 0 Å². The third kappa shape index (κ3) is 2.68. The first-order chi connectivity index (χ1) is 8.26. The minimum Gasteiger partial charge on any atom is -0.330 e. The number of aryl methyl sites for hydroxylation is 1. The number of nitrogens with zero attached hydrogens (tertiary/aromatic N) is 3. The van der Waals surface area contributed by atoms with Crippen LogP contribution >= 0.6 is 0 Å². The molecule has 1 fully saturated rings. The second-order valence-electron chi connectivity index (χ2n) is 5.31. The van der Waals surface area contributed by atoms with Gasteiger partial charge in [-0.2, -0.15) is 5.10 Å². The van der Waals surface area contributed by atoms with Gasteiger partial charge in [0, 0.05) is 13.0 Å². The molecule has 3 unspecified atom stereocenters. The first-order valence-electron chi connectivity index (χ1n) is 6.80. The van der Waals surface area contributed by atoms with Crippen LogP contribution in [0.1, 0.15) is 50.8 Å².